The van der Waals surface area contributed by atoms with Crippen molar-refractivity contribution in [2.75, 3.05) is 33.3 Å². The molecule has 0 bridgehead atoms. The van der Waals surface area contributed by atoms with Crippen LogP contribution in [0.25, 0.3) is 0 Å². The van der Waals surface area contributed by atoms with Crippen LogP contribution in [0.1, 0.15) is 5.56 Å². The molecule has 1 aliphatic heterocycles. The first-order chi connectivity index (χ1) is 11.6. The lowest BCUT2D eigenvalue weighted by Crippen LogP contribution is -3.10. The maximum absolute atomic E-state index is 13.9. The number of ether oxygens (including phenoxy) is 1. The van der Waals surface area contributed by atoms with Crippen molar-refractivity contribution in [1.82, 2.24) is 4.90 Å². The molecule has 0 radical (unpaired) electrons. The largest absolute Gasteiger partial charge is 0.870 e. The molecule has 0 atom stereocenters. The van der Waals surface area contributed by atoms with Gasteiger partial charge in [0.15, 0.2) is 11.5 Å². The van der Waals surface area contributed by atoms with Crippen LogP contribution in [0.4, 0.5) is 10.1 Å². The third-order valence-corrected chi connectivity index (χ3v) is 4.81. The average molecular weight is 346 g/mol. The van der Waals surface area contributed by atoms with Gasteiger partial charge >= 0.3 is 0 Å². The number of nitrogens with one attached hydrogen (secondary N) is 1. The minimum atomic E-state index is -0.167. The van der Waals surface area contributed by atoms with Gasteiger partial charge in [-0.05, 0) is 12.1 Å². The molecule has 1 saturated heterocycles. The molecule has 3 rings (SSSR count). The summed E-state index contributed by atoms with van der Waals surface area (Å²) in [6.45, 7) is 3.03. The average Bonchev–Trinajstić information content (AvgIpc) is 2.62. The van der Waals surface area contributed by atoms with Gasteiger partial charge in [0.05, 0.1) is 33.3 Å². The standard InChI is InChI=1S/C18H19FN2O2S/c1-23-17-12-13(6-7-16(17)22)18(24)21-10-8-20(9-11-21)15-5-3-2-4-14(15)19/h2-7,12,22H,8-11H2,1H3. The van der Waals surface area contributed by atoms with Crippen molar-refractivity contribution in [3.8, 4) is 11.5 Å². The molecule has 0 unspecified atom stereocenters. The highest BCUT2D eigenvalue weighted by molar-refractivity contribution is 7.80. The third-order valence-electron chi connectivity index (χ3n) is 4.32. The second-order valence-electron chi connectivity index (χ2n) is 5.74. The van der Waals surface area contributed by atoms with Crippen LogP contribution < -0.4 is 14.7 Å². The van der Waals surface area contributed by atoms with Gasteiger partial charge in [-0.2, -0.15) is 0 Å². The first-order valence-corrected chi connectivity index (χ1v) is 8.25. The Balaban J connectivity index is 1.68. The summed E-state index contributed by atoms with van der Waals surface area (Å²) in [5, 5.41) is 11.6. The normalized spacial score (nSPS) is 15.3. The number of rotatable bonds is 3. The molecule has 2 aromatic carbocycles. The van der Waals surface area contributed by atoms with Crippen molar-refractivity contribution in [3.63, 3.8) is 0 Å². The fourth-order valence-corrected chi connectivity index (χ4v) is 3.29. The first-order valence-electron chi connectivity index (χ1n) is 7.84. The van der Waals surface area contributed by atoms with Gasteiger partial charge in [0.25, 0.3) is 0 Å². The zero-order valence-corrected chi connectivity index (χ0v) is 14.2. The van der Waals surface area contributed by atoms with E-state index in [9.17, 15) is 9.50 Å². The Bertz CT molecular complexity index is 746. The quantitative estimate of drug-likeness (QED) is 0.846. The second-order valence-corrected chi connectivity index (χ2v) is 6.13. The topological polar surface area (TPSA) is 40.0 Å². The fourth-order valence-electron chi connectivity index (χ4n) is 2.98. The van der Waals surface area contributed by atoms with Crippen molar-refractivity contribution in [3.05, 3.63) is 53.8 Å². The van der Waals surface area contributed by atoms with Crippen molar-refractivity contribution in [2.24, 2.45) is 0 Å². The zero-order valence-electron chi connectivity index (χ0n) is 13.4. The summed E-state index contributed by atoms with van der Waals surface area (Å²) < 4.78 is 19.0. The van der Waals surface area contributed by atoms with Crippen LogP contribution in [0.2, 0.25) is 0 Å². The van der Waals surface area contributed by atoms with Gasteiger partial charge in [0.1, 0.15) is 10.7 Å². The lowest BCUT2D eigenvalue weighted by atomic mass is 10.1. The molecule has 126 valence electrons. The Labute approximate surface area is 146 Å². The van der Waals surface area contributed by atoms with E-state index in [0.29, 0.717) is 16.4 Å². The van der Waals surface area contributed by atoms with Gasteiger partial charge in [0, 0.05) is 11.6 Å². The van der Waals surface area contributed by atoms with Crippen LogP contribution >= 0.6 is 12.2 Å². The molecular formula is C18H19FN2O2S. The zero-order chi connectivity index (χ0) is 17.1. The fraction of sp³-hybridized carbons (Fsp3) is 0.278. The minimum absolute atomic E-state index is 0.155. The number of hydrogen-bond donors (Lipinski definition) is 1. The van der Waals surface area contributed by atoms with E-state index in [0.717, 1.165) is 36.6 Å². The third kappa shape index (κ3) is 3.34. The number of piperazine rings is 1. The van der Waals surface area contributed by atoms with E-state index in [1.165, 1.54) is 19.2 Å². The van der Waals surface area contributed by atoms with Crippen molar-refractivity contribution >= 4 is 22.9 Å². The number of methoxy groups -OCH3 is 1. The molecule has 4 nitrogen and oxygen atoms in total. The maximum Gasteiger partial charge on any atom is 0.183 e. The highest BCUT2D eigenvalue weighted by Crippen LogP contribution is 2.24. The smallest absolute Gasteiger partial charge is 0.183 e. The van der Waals surface area contributed by atoms with Gasteiger partial charge in [0.2, 0.25) is 0 Å². The molecule has 24 heavy (non-hydrogen) atoms. The van der Waals surface area contributed by atoms with Crippen LogP contribution in [-0.4, -0.2) is 43.2 Å². The minimum Gasteiger partial charge on any atom is -0.870 e. The van der Waals surface area contributed by atoms with Crippen molar-refractivity contribution in [2.45, 2.75) is 0 Å². The number of halogens is 1. The van der Waals surface area contributed by atoms with Gasteiger partial charge in [-0.1, -0.05) is 42.2 Å². The Hall–Kier alpha value is -2.18. The summed E-state index contributed by atoms with van der Waals surface area (Å²) >= 11 is 5.56. The summed E-state index contributed by atoms with van der Waals surface area (Å²) in [5.41, 5.74) is 1.51. The molecule has 0 amide bonds. The summed E-state index contributed by atoms with van der Waals surface area (Å²) in [6, 6.07) is 11.8. The number of nitrogens with zero attached hydrogens (tertiary/aromatic N) is 1. The van der Waals surface area contributed by atoms with Gasteiger partial charge in [-0.25, -0.2) is 4.39 Å². The molecule has 0 aromatic heterocycles. The number of para-hydroxylation sites is 1. The van der Waals surface area contributed by atoms with Gasteiger partial charge < -0.3 is 14.7 Å². The lowest BCUT2D eigenvalue weighted by Gasteiger charge is -2.33. The molecule has 1 aliphatic rings. The lowest BCUT2D eigenvalue weighted by molar-refractivity contribution is -0.838. The van der Waals surface area contributed by atoms with E-state index in [-0.39, 0.29) is 11.6 Å². The number of thiocarbonyl (C=S) groups is 1. The molecule has 0 spiro atoms. The summed E-state index contributed by atoms with van der Waals surface area (Å²) in [4.78, 5) is 3.92. The van der Waals surface area contributed by atoms with Crippen molar-refractivity contribution in [1.29, 1.82) is 0 Å². The number of quaternary nitrogens is 1. The second kappa shape index (κ2) is 7.15. The highest BCUT2D eigenvalue weighted by Gasteiger charge is 2.25. The van der Waals surface area contributed by atoms with Gasteiger partial charge in [-0.3, -0.25) is 4.90 Å². The first kappa shape index (κ1) is 16.7. The van der Waals surface area contributed by atoms with Crippen LogP contribution in [0.15, 0.2) is 42.5 Å². The van der Waals surface area contributed by atoms with Crippen LogP contribution in [0.5, 0.6) is 11.5 Å². The number of benzene rings is 2. The predicted octanol–water partition coefficient (Wildman–Crippen LogP) is 1.12. The Morgan fingerprint density at radius 2 is 1.92 bits per heavy atom. The molecule has 1 N–H and O–H groups in total. The summed E-state index contributed by atoms with van der Waals surface area (Å²) in [7, 11) is 1.47. The van der Waals surface area contributed by atoms with E-state index in [1.54, 1.807) is 18.2 Å². The van der Waals surface area contributed by atoms with Crippen LogP contribution in [0.3, 0.4) is 0 Å². The van der Waals surface area contributed by atoms with E-state index in [4.69, 9.17) is 17.0 Å². The molecule has 1 fully saturated rings. The SMILES string of the molecule is COc1cc(C(=S)N2CC[NH+](c3ccccc3F)CC2)ccc1[O-]. The molecular weight excluding hydrogens is 327 g/mol. The Morgan fingerprint density at radius 1 is 1.21 bits per heavy atom. The maximum atomic E-state index is 13.9. The predicted molar refractivity (Wildman–Crippen MR) is 92.5 cm³/mol. The molecule has 0 saturated carbocycles. The Morgan fingerprint density at radius 3 is 2.58 bits per heavy atom. The van der Waals surface area contributed by atoms with Gasteiger partial charge in [-0.15, -0.1) is 0 Å². The van der Waals surface area contributed by atoms with E-state index in [1.807, 2.05) is 12.1 Å². The summed E-state index contributed by atoms with van der Waals surface area (Å²) in [6.07, 6.45) is 0. The van der Waals surface area contributed by atoms with E-state index >= 15 is 0 Å². The molecule has 2 aromatic rings. The van der Waals surface area contributed by atoms with E-state index in [2.05, 4.69) is 4.90 Å². The molecule has 6 heteroatoms. The van der Waals surface area contributed by atoms with E-state index < -0.39 is 0 Å². The molecule has 0 aliphatic carbocycles. The number of hydrogen-bond acceptors (Lipinski definition) is 3. The molecule has 1 heterocycles. The monoisotopic (exact) mass is 346 g/mol. The van der Waals surface area contributed by atoms with Crippen LogP contribution in [-0.2, 0) is 0 Å². The Kier molecular flexibility index (Phi) is 4.97. The van der Waals surface area contributed by atoms with Crippen LogP contribution in [0, 0.1) is 5.82 Å². The highest BCUT2D eigenvalue weighted by atomic mass is 32.1. The summed E-state index contributed by atoms with van der Waals surface area (Å²) in [5.74, 6) is -0.0253. The van der Waals surface area contributed by atoms with Crippen molar-refractivity contribution < 1.29 is 19.1 Å².